The first kappa shape index (κ1) is 15.4. The monoisotopic (exact) mass is 325 g/mol. The van der Waals surface area contributed by atoms with Gasteiger partial charge in [0.05, 0.1) is 0 Å². The Morgan fingerprint density at radius 2 is 2.12 bits per heavy atom. The highest BCUT2D eigenvalue weighted by Crippen LogP contribution is 2.40. The maximum absolute atomic E-state index is 12.4. The van der Waals surface area contributed by atoms with Crippen molar-refractivity contribution in [2.45, 2.75) is 50.7 Å². The fraction of sp³-hybridized carbons (Fsp3) is 0.474. The summed E-state index contributed by atoms with van der Waals surface area (Å²) in [6, 6.07) is 12.9. The number of nitrogens with one attached hydrogen (secondary N) is 1. The van der Waals surface area contributed by atoms with E-state index in [9.17, 15) is 4.79 Å². The molecule has 5 heteroatoms. The van der Waals surface area contributed by atoms with Crippen LogP contribution in [0.15, 0.2) is 40.9 Å². The van der Waals surface area contributed by atoms with E-state index in [0.717, 1.165) is 38.1 Å². The van der Waals surface area contributed by atoms with Gasteiger partial charge >= 0.3 is 0 Å². The first-order chi connectivity index (χ1) is 11.7. The van der Waals surface area contributed by atoms with Gasteiger partial charge in [0.15, 0.2) is 5.69 Å². The second-order valence-electron chi connectivity index (χ2n) is 7.06. The molecule has 0 spiro atoms. The maximum atomic E-state index is 12.4. The number of benzene rings is 1. The average molecular weight is 325 g/mol. The van der Waals surface area contributed by atoms with E-state index in [1.54, 1.807) is 6.07 Å². The summed E-state index contributed by atoms with van der Waals surface area (Å²) in [6.07, 6.45) is 3.25. The molecule has 1 N–H and O–H groups in total. The summed E-state index contributed by atoms with van der Waals surface area (Å²) in [5.74, 6) is 1.21. The molecule has 1 aromatic heterocycles. The van der Waals surface area contributed by atoms with Crippen molar-refractivity contribution in [2.75, 3.05) is 6.54 Å². The topological polar surface area (TPSA) is 58.4 Å². The zero-order chi connectivity index (χ0) is 16.5. The molecule has 0 radical (unpaired) electrons. The van der Waals surface area contributed by atoms with Gasteiger partial charge < -0.3 is 9.84 Å². The van der Waals surface area contributed by atoms with E-state index in [-0.39, 0.29) is 11.9 Å². The number of hydrogen-bond acceptors (Lipinski definition) is 4. The van der Waals surface area contributed by atoms with Crippen LogP contribution < -0.4 is 5.32 Å². The van der Waals surface area contributed by atoms with E-state index in [4.69, 9.17) is 4.52 Å². The van der Waals surface area contributed by atoms with E-state index >= 15 is 0 Å². The second-order valence-corrected chi connectivity index (χ2v) is 7.06. The summed E-state index contributed by atoms with van der Waals surface area (Å²) in [5.41, 5.74) is 1.72. The van der Waals surface area contributed by atoms with Crippen molar-refractivity contribution in [1.82, 2.24) is 15.4 Å². The molecule has 2 atom stereocenters. The van der Waals surface area contributed by atoms with Crippen molar-refractivity contribution >= 4 is 5.91 Å². The van der Waals surface area contributed by atoms with Crippen LogP contribution in [0.3, 0.4) is 0 Å². The lowest BCUT2D eigenvalue weighted by Gasteiger charge is -2.20. The molecular weight excluding hydrogens is 302 g/mol. The molecule has 24 heavy (non-hydrogen) atoms. The van der Waals surface area contributed by atoms with E-state index in [2.05, 4.69) is 46.6 Å². The van der Waals surface area contributed by atoms with Crippen molar-refractivity contribution in [3.8, 4) is 0 Å². The summed E-state index contributed by atoms with van der Waals surface area (Å²) in [4.78, 5) is 14.8. The van der Waals surface area contributed by atoms with E-state index < -0.39 is 0 Å². The molecule has 5 nitrogen and oxygen atoms in total. The largest absolute Gasteiger partial charge is 0.360 e. The van der Waals surface area contributed by atoms with Crippen molar-refractivity contribution in [2.24, 2.45) is 0 Å². The maximum Gasteiger partial charge on any atom is 0.273 e. The second kappa shape index (κ2) is 6.40. The first-order valence-corrected chi connectivity index (χ1v) is 8.74. The highest BCUT2D eigenvalue weighted by molar-refractivity contribution is 5.92. The van der Waals surface area contributed by atoms with Gasteiger partial charge in [-0.1, -0.05) is 35.5 Å². The number of carbonyl (C=O) groups is 1. The van der Waals surface area contributed by atoms with Gasteiger partial charge in [0, 0.05) is 37.2 Å². The SMILES string of the molecule is C[C@@H]1C[C@@H](NC(=O)c2cc(C3CC3)on2)CN1Cc1ccccc1. The number of rotatable bonds is 5. The molecule has 2 aromatic rings. The van der Waals surface area contributed by atoms with Crippen molar-refractivity contribution in [1.29, 1.82) is 0 Å². The lowest BCUT2D eigenvalue weighted by atomic mass is 10.2. The van der Waals surface area contributed by atoms with Crippen LogP contribution >= 0.6 is 0 Å². The Balaban J connectivity index is 1.34. The third-order valence-electron chi connectivity index (χ3n) is 5.01. The standard InChI is InChI=1S/C19H23N3O2/c1-13-9-16(12-22(13)11-14-5-3-2-4-6-14)20-19(23)17-10-18(24-21-17)15-7-8-15/h2-6,10,13,15-16H,7-9,11-12H2,1H3,(H,20,23)/t13-,16-/m1/s1. The predicted octanol–water partition coefficient (Wildman–Crippen LogP) is 2.94. The van der Waals surface area contributed by atoms with Crippen LogP contribution in [-0.2, 0) is 6.54 Å². The smallest absolute Gasteiger partial charge is 0.273 e. The van der Waals surface area contributed by atoms with Gasteiger partial charge in [-0.15, -0.1) is 0 Å². The highest BCUT2D eigenvalue weighted by atomic mass is 16.5. The minimum atomic E-state index is -0.121. The summed E-state index contributed by atoms with van der Waals surface area (Å²) in [7, 11) is 0. The molecule has 1 saturated carbocycles. The Morgan fingerprint density at radius 1 is 1.33 bits per heavy atom. The van der Waals surface area contributed by atoms with Crippen molar-refractivity contribution in [3.05, 3.63) is 53.4 Å². The van der Waals surface area contributed by atoms with Gasteiger partial charge in [0.25, 0.3) is 5.91 Å². The fourth-order valence-electron chi connectivity index (χ4n) is 3.46. The van der Waals surface area contributed by atoms with Crippen LogP contribution in [0.2, 0.25) is 0 Å². The number of carbonyl (C=O) groups excluding carboxylic acids is 1. The Bertz CT molecular complexity index is 708. The van der Waals surface area contributed by atoms with Crippen molar-refractivity contribution in [3.63, 3.8) is 0 Å². The molecule has 1 aliphatic carbocycles. The van der Waals surface area contributed by atoms with Gasteiger partial charge in [0.2, 0.25) is 0 Å². The van der Waals surface area contributed by atoms with E-state index in [0.29, 0.717) is 17.7 Å². The minimum absolute atomic E-state index is 0.121. The molecule has 126 valence electrons. The van der Waals surface area contributed by atoms with Crippen LogP contribution in [0.4, 0.5) is 0 Å². The Kier molecular flexibility index (Phi) is 4.10. The summed E-state index contributed by atoms with van der Waals surface area (Å²) in [6.45, 7) is 4.01. The normalized spacial score (nSPS) is 24.2. The number of likely N-dealkylation sites (tertiary alicyclic amines) is 1. The van der Waals surface area contributed by atoms with Gasteiger partial charge in [-0.3, -0.25) is 9.69 Å². The first-order valence-electron chi connectivity index (χ1n) is 8.74. The molecule has 0 bridgehead atoms. The average Bonchev–Trinajstić information content (AvgIpc) is 3.21. The van der Waals surface area contributed by atoms with E-state index in [1.807, 2.05) is 6.07 Å². The number of amides is 1. The molecule has 2 aliphatic rings. The number of aromatic nitrogens is 1. The van der Waals surface area contributed by atoms with Gasteiger partial charge in [0.1, 0.15) is 5.76 Å². The van der Waals surface area contributed by atoms with Crippen LogP contribution in [0.5, 0.6) is 0 Å². The van der Waals surface area contributed by atoms with Crippen LogP contribution in [-0.4, -0.2) is 34.6 Å². The van der Waals surface area contributed by atoms with Crippen LogP contribution in [0.25, 0.3) is 0 Å². The summed E-state index contributed by atoms with van der Waals surface area (Å²) < 4.78 is 5.27. The molecule has 1 aromatic carbocycles. The molecule has 1 amide bonds. The number of hydrogen-bond donors (Lipinski definition) is 1. The third-order valence-corrected chi connectivity index (χ3v) is 5.01. The third kappa shape index (κ3) is 3.36. The molecule has 1 saturated heterocycles. The summed E-state index contributed by atoms with van der Waals surface area (Å²) >= 11 is 0. The zero-order valence-electron chi connectivity index (χ0n) is 13.9. The summed E-state index contributed by atoms with van der Waals surface area (Å²) in [5, 5.41) is 7.04. The zero-order valence-corrected chi connectivity index (χ0v) is 13.9. The van der Waals surface area contributed by atoms with Gasteiger partial charge in [-0.05, 0) is 31.7 Å². The molecule has 1 aliphatic heterocycles. The molecule has 2 heterocycles. The van der Waals surface area contributed by atoms with Gasteiger partial charge in [-0.2, -0.15) is 0 Å². The molecular formula is C19H23N3O2. The minimum Gasteiger partial charge on any atom is -0.360 e. The fourth-order valence-corrected chi connectivity index (χ4v) is 3.46. The van der Waals surface area contributed by atoms with Gasteiger partial charge in [-0.25, -0.2) is 0 Å². The number of nitrogens with zero attached hydrogens (tertiary/aromatic N) is 2. The van der Waals surface area contributed by atoms with E-state index in [1.165, 1.54) is 5.56 Å². The van der Waals surface area contributed by atoms with Crippen LogP contribution in [0, 0.1) is 0 Å². The van der Waals surface area contributed by atoms with Crippen LogP contribution in [0.1, 0.15) is 53.9 Å². The molecule has 2 fully saturated rings. The molecule has 4 rings (SSSR count). The van der Waals surface area contributed by atoms with Crippen molar-refractivity contribution < 1.29 is 9.32 Å². The Labute approximate surface area is 142 Å². The molecule has 0 unspecified atom stereocenters. The quantitative estimate of drug-likeness (QED) is 0.918. The Hall–Kier alpha value is -2.14. The Morgan fingerprint density at radius 3 is 2.88 bits per heavy atom. The lowest BCUT2D eigenvalue weighted by molar-refractivity contribution is 0.0928. The predicted molar refractivity (Wildman–Crippen MR) is 90.7 cm³/mol. The highest BCUT2D eigenvalue weighted by Gasteiger charge is 2.32. The lowest BCUT2D eigenvalue weighted by Crippen LogP contribution is -2.37.